The van der Waals surface area contributed by atoms with Crippen molar-refractivity contribution in [3.63, 3.8) is 0 Å². The van der Waals surface area contributed by atoms with Crippen LogP contribution in [0.3, 0.4) is 0 Å². The van der Waals surface area contributed by atoms with Crippen LogP contribution in [-0.4, -0.2) is 56.9 Å². The first-order chi connectivity index (χ1) is 16.6. The van der Waals surface area contributed by atoms with E-state index in [9.17, 15) is 14.7 Å². The lowest BCUT2D eigenvalue weighted by molar-refractivity contribution is -0.139. The molecule has 2 unspecified atom stereocenters. The number of amidine groups is 1. The van der Waals surface area contributed by atoms with Gasteiger partial charge in [0.1, 0.15) is 17.2 Å². The van der Waals surface area contributed by atoms with E-state index >= 15 is 0 Å². The van der Waals surface area contributed by atoms with Gasteiger partial charge in [-0.15, -0.1) is 0 Å². The third kappa shape index (κ3) is 4.62. The number of rotatable bonds is 8. The molecule has 0 saturated carbocycles. The molecule has 1 aromatic heterocycles. The number of carbonyl (C=O) groups excluding carboxylic acids is 1. The molecule has 4 rings (SSSR count). The number of nitrogen functional groups attached to an aromatic ring is 1. The Kier molecular flexibility index (Phi) is 6.60. The first-order valence-corrected chi connectivity index (χ1v) is 11.5. The van der Waals surface area contributed by atoms with Crippen LogP contribution >= 0.6 is 0 Å². The number of aromatic nitrogens is 2. The molecule has 10 nitrogen and oxygen atoms in total. The number of amides is 1. The van der Waals surface area contributed by atoms with Crippen LogP contribution in [-0.2, 0) is 22.2 Å². The lowest BCUT2D eigenvalue weighted by Crippen LogP contribution is -2.54. The molecule has 35 heavy (non-hydrogen) atoms. The van der Waals surface area contributed by atoms with Crippen LogP contribution in [0.4, 0.5) is 0 Å². The summed E-state index contributed by atoms with van der Waals surface area (Å²) in [5, 5.41) is 19.8. The number of hydrogen-bond acceptors (Lipinski definition) is 6. The lowest BCUT2D eigenvalue weighted by atomic mass is 9.89. The number of nitrogens with one attached hydrogen (secondary N) is 2. The standard InChI is InChI=1S/C25H31N7O3/c1-25(29-14-20(33)34,24(35)32-11-3-4-12-32)17-9-10-19-18(13-17)30-23(31(19)2)21(26)15-5-7-16(8-6-15)22(27)28/h5-10,13,21,29H,3-4,11-12,14,26H2,1-2H3,(H3,27,28)(H,33,34). The van der Waals surface area contributed by atoms with Crippen LogP contribution < -0.4 is 16.8 Å². The maximum atomic E-state index is 13.5. The second-order valence-corrected chi connectivity index (χ2v) is 9.12. The van der Waals surface area contributed by atoms with Gasteiger partial charge < -0.3 is 26.0 Å². The maximum Gasteiger partial charge on any atom is 0.317 e. The summed E-state index contributed by atoms with van der Waals surface area (Å²) in [6, 6.07) is 12.2. The van der Waals surface area contributed by atoms with E-state index in [1.54, 1.807) is 24.0 Å². The molecule has 1 aliphatic heterocycles. The zero-order chi connectivity index (χ0) is 25.3. The van der Waals surface area contributed by atoms with Gasteiger partial charge in [0.2, 0.25) is 5.91 Å². The monoisotopic (exact) mass is 477 g/mol. The zero-order valence-electron chi connectivity index (χ0n) is 19.9. The Bertz CT molecular complexity index is 1280. The SMILES string of the molecule is Cn1c(C(N)c2ccc(C(=N)N)cc2)nc2cc(C(C)(NCC(=O)O)C(=O)N3CCCC3)ccc21. The molecule has 2 atom stereocenters. The summed E-state index contributed by atoms with van der Waals surface area (Å²) in [7, 11) is 1.88. The number of aryl methyl sites for hydroxylation is 1. The average Bonchev–Trinajstić information content (AvgIpc) is 3.50. The Morgan fingerprint density at radius 2 is 1.86 bits per heavy atom. The summed E-state index contributed by atoms with van der Waals surface area (Å²) in [6.07, 6.45) is 1.88. The van der Waals surface area contributed by atoms with Crippen LogP contribution in [0.5, 0.6) is 0 Å². The molecule has 0 radical (unpaired) electrons. The number of nitrogens with zero attached hydrogens (tertiary/aromatic N) is 3. The van der Waals surface area contributed by atoms with Crippen molar-refractivity contribution in [3.8, 4) is 0 Å². The van der Waals surface area contributed by atoms with E-state index in [0.717, 1.165) is 23.9 Å². The van der Waals surface area contributed by atoms with Gasteiger partial charge in [-0.2, -0.15) is 0 Å². The van der Waals surface area contributed by atoms with Crippen molar-refractivity contribution in [1.82, 2.24) is 19.8 Å². The predicted octanol–water partition coefficient (Wildman–Crippen LogP) is 1.42. The molecule has 0 bridgehead atoms. The largest absolute Gasteiger partial charge is 0.480 e. The Labute approximate surface area is 203 Å². The maximum absolute atomic E-state index is 13.5. The fraction of sp³-hybridized carbons (Fsp3) is 0.360. The molecule has 184 valence electrons. The number of fused-ring (bicyclic) bond motifs is 1. The average molecular weight is 478 g/mol. The summed E-state index contributed by atoms with van der Waals surface area (Å²) in [4.78, 5) is 31.3. The van der Waals surface area contributed by atoms with Gasteiger partial charge in [0.15, 0.2) is 0 Å². The zero-order valence-corrected chi connectivity index (χ0v) is 19.9. The molecule has 1 saturated heterocycles. The van der Waals surface area contributed by atoms with Crippen LogP contribution in [0.15, 0.2) is 42.5 Å². The summed E-state index contributed by atoms with van der Waals surface area (Å²) < 4.78 is 1.91. The number of hydrogen-bond donors (Lipinski definition) is 5. The van der Waals surface area contributed by atoms with Crippen molar-refractivity contribution >= 4 is 28.7 Å². The molecule has 7 N–H and O–H groups in total. The quantitative estimate of drug-likeness (QED) is 0.242. The van der Waals surface area contributed by atoms with E-state index in [0.29, 0.717) is 35.6 Å². The molecule has 2 heterocycles. The van der Waals surface area contributed by atoms with Crippen molar-refractivity contribution in [2.24, 2.45) is 18.5 Å². The number of aliphatic carboxylic acids is 1. The Morgan fingerprint density at radius 1 is 1.20 bits per heavy atom. The first kappa shape index (κ1) is 24.4. The van der Waals surface area contributed by atoms with Gasteiger partial charge in [-0.25, -0.2) is 4.98 Å². The lowest BCUT2D eigenvalue weighted by Gasteiger charge is -2.33. The van der Waals surface area contributed by atoms with Gasteiger partial charge >= 0.3 is 5.97 Å². The summed E-state index contributed by atoms with van der Waals surface area (Å²) >= 11 is 0. The predicted molar refractivity (Wildman–Crippen MR) is 133 cm³/mol. The van der Waals surface area contributed by atoms with Crippen LogP contribution in [0, 0.1) is 5.41 Å². The Hall–Kier alpha value is -3.76. The van der Waals surface area contributed by atoms with E-state index in [1.165, 1.54) is 0 Å². The van der Waals surface area contributed by atoms with Crippen molar-refractivity contribution in [3.05, 3.63) is 65.0 Å². The van der Waals surface area contributed by atoms with Crippen molar-refractivity contribution in [2.45, 2.75) is 31.3 Å². The number of benzene rings is 2. The highest BCUT2D eigenvalue weighted by Crippen LogP contribution is 2.30. The molecule has 2 aromatic carbocycles. The molecular weight excluding hydrogens is 446 g/mol. The minimum absolute atomic E-state index is 0.0107. The topological polar surface area (TPSA) is 163 Å². The number of imidazole rings is 1. The Balaban J connectivity index is 1.71. The Morgan fingerprint density at radius 3 is 2.46 bits per heavy atom. The van der Waals surface area contributed by atoms with Gasteiger partial charge in [0, 0.05) is 25.7 Å². The van der Waals surface area contributed by atoms with E-state index in [4.69, 9.17) is 21.9 Å². The summed E-state index contributed by atoms with van der Waals surface area (Å²) in [5.41, 5.74) is 14.5. The number of likely N-dealkylation sites (tertiary alicyclic amines) is 1. The molecule has 3 aromatic rings. The van der Waals surface area contributed by atoms with E-state index in [-0.39, 0.29) is 18.3 Å². The second kappa shape index (κ2) is 9.47. The molecule has 1 fully saturated rings. The van der Waals surface area contributed by atoms with Gasteiger partial charge in [-0.3, -0.25) is 20.3 Å². The van der Waals surface area contributed by atoms with Crippen molar-refractivity contribution in [2.75, 3.05) is 19.6 Å². The highest BCUT2D eigenvalue weighted by molar-refractivity contribution is 5.95. The minimum Gasteiger partial charge on any atom is -0.480 e. The molecule has 0 aliphatic carbocycles. The fourth-order valence-electron chi connectivity index (χ4n) is 4.62. The normalized spacial score (nSPS) is 16.3. The molecule has 0 spiro atoms. The molecule has 1 aliphatic rings. The number of carboxylic acid groups (broad SMARTS) is 1. The van der Waals surface area contributed by atoms with E-state index in [2.05, 4.69) is 5.32 Å². The van der Waals surface area contributed by atoms with E-state index in [1.807, 2.05) is 41.9 Å². The number of nitrogens with two attached hydrogens (primary N) is 2. The van der Waals surface area contributed by atoms with E-state index < -0.39 is 17.6 Å². The third-order valence-corrected chi connectivity index (χ3v) is 6.77. The summed E-state index contributed by atoms with van der Waals surface area (Å²) in [6.45, 7) is 2.71. The molecule has 10 heteroatoms. The minimum atomic E-state index is -1.21. The molecular formula is C25H31N7O3. The number of carboxylic acids is 1. The van der Waals surface area contributed by atoms with Gasteiger partial charge in [0.05, 0.1) is 23.6 Å². The van der Waals surface area contributed by atoms with Crippen molar-refractivity contribution in [1.29, 1.82) is 5.41 Å². The van der Waals surface area contributed by atoms with Gasteiger partial charge in [-0.1, -0.05) is 30.3 Å². The number of carbonyl (C=O) groups is 2. The van der Waals surface area contributed by atoms with Crippen LogP contribution in [0.2, 0.25) is 0 Å². The third-order valence-electron chi connectivity index (χ3n) is 6.77. The van der Waals surface area contributed by atoms with Crippen LogP contribution in [0.25, 0.3) is 11.0 Å². The smallest absolute Gasteiger partial charge is 0.317 e. The van der Waals surface area contributed by atoms with Crippen molar-refractivity contribution < 1.29 is 14.7 Å². The van der Waals surface area contributed by atoms with Gasteiger partial charge in [-0.05, 0) is 43.0 Å². The fourth-order valence-corrected chi connectivity index (χ4v) is 4.62. The highest BCUT2D eigenvalue weighted by atomic mass is 16.4. The molecule has 1 amide bonds. The second-order valence-electron chi connectivity index (χ2n) is 9.12. The summed E-state index contributed by atoms with van der Waals surface area (Å²) in [5.74, 6) is -0.551. The highest BCUT2D eigenvalue weighted by Gasteiger charge is 2.39. The first-order valence-electron chi connectivity index (χ1n) is 11.5. The van der Waals surface area contributed by atoms with Crippen LogP contribution in [0.1, 0.15) is 48.3 Å². The van der Waals surface area contributed by atoms with Gasteiger partial charge in [0.25, 0.3) is 0 Å².